The van der Waals surface area contributed by atoms with Crippen molar-refractivity contribution in [3.63, 3.8) is 0 Å². The van der Waals surface area contributed by atoms with Crippen LogP contribution in [0.4, 0.5) is 18.9 Å². The minimum absolute atomic E-state index is 0.00679. The first-order chi connectivity index (χ1) is 13.7. The maximum atomic E-state index is 13.2. The highest BCUT2D eigenvalue weighted by atomic mass is 19.4. The fourth-order valence-electron chi connectivity index (χ4n) is 5.31. The van der Waals surface area contributed by atoms with Crippen LogP contribution in [-0.4, -0.2) is 48.6 Å². The number of piperazine rings is 1. The first-order valence-corrected chi connectivity index (χ1v) is 10.7. The number of alkyl halides is 3. The van der Waals surface area contributed by atoms with Gasteiger partial charge in [0.15, 0.2) is 0 Å². The van der Waals surface area contributed by atoms with E-state index in [0.29, 0.717) is 18.0 Å². The molecule has 1 aromatic carbocycles. The van der Waals surface area contributed by atoms with Crippen molar-refractivity contribution >= 4 is 11.6 Å². The lowest BCUT2D eigenvalue weighted by Crippen LogP contribution is -2.62. The number of rotatable bonds is 3. The van der Waals surface area contributed by atoms with Crippen LogP contribution >= 0.6 is 0 Å². The van der Waals surface area contributed by atoms with E-state index >= 15 is 0 Å². The van der Waals surface area contributed by atoms with Crippen molar-refractivity contribution in [1.29, 1.82) is 0 Å². The average molecular weight is 409 g/mol. The molecule has 2 heterocycles. The Bertz CT molecular complexity index is 758. The van der Waals surface area contributed by atoms with E-state index in [-0.39, 0.29) is 23.9 Å². The van der Waals surface area contributed by atoms with Crippen LogP contribution in [0.15, 0.2) is 18.2 Å². The van der Waals surface area contributed by atoms with Crippen LogP contribution in [0.3, 0.4) is 0 Å². The summed E-state index contributed by atoms with van der Waals surface area (Å²) in [6.07, 6.45) is 0.925. The summed E-state index contributed by atoms with van der Waals surface area (Å²) >= 11 is 0. The zero-order valence-electron chi connectivity index (χ0n) is 17.1. The monoisotopic (exact) mass is 409 g/mol. The highest BCUT2D eigenvalue weighted by Gasteiger charge is 2.44. The van der Waals surface area contributed by atoms with Crippen LogP contribution in [0.1, 0.15) is 50.7 Å². The maximum absolute atomic E-state index is 13.2. The second-order valence-corrected chi connectivity index (χ2v) is 9.01. The van der Waals surface area contributed by atoms with Gasteiger partial charge in [-0.1, -0.05) is 12.8 Å². The Morgan fingerprint density at radius 3 is 2.55 bits per heavy atom. The molecule has 2 fully saturated rings. The van der Waals surface area contributed by atoms with E-state index in [0.717, 1.165) is 25.3 Å². The van der Waals surface area contributed by atoms with Gasteiger partial charge in [-0.25, -0.2) is 0 Å². The van der Waals surface area contributed by atoms with E-state index in [1.165, 1.54) is 37.8 Å². The van der Waals surface area contributed by atoms with Crippen molar-refractivity contribution in [2.75, 3.05) is 24.5 Å². The molecule has 3 aliphatic rings. The normalized spacial score (nSPS) is 25.8. The van der Waals surface area contributed by atoms with Gasteiger partial charge in [0.1, 0.15) is 0 Å². The van der Waals surface area contributed by atoms with Crippen LogP contribution in [0.2, 0.25) is 0 Å². The lowest BCUT2D eigenvalue weighted by molar-refractivity contribution is -0.137. The summed E-state index contributed by atoms with van der Waals surface area (Å²) in [6.45, 7) is 6.30. The van der Waals surface area contributed by atoms with Crippen molar-refractivity contribution < 1.29 is 18.0 Å². The van der Waals surface area contributed by atoms with Crippen LogP contribution < -0.4 is 10.2 Å². The van der Waals surface area contributed by atoms with Gasteiger partial charge in [-0.15, -0.1) is 0 Å². The molecule has 1 aliphatic carbocycles. The highest BCUT2D eigenvalue weighted by molar-refractivity contribution is 5.82. The zero-order chi connectivity index (χ0) is 20.8. The number of anilines is 1. The van der Waals surface area contributed by atoms with Crippen LogP contribution in [-0.2, 0) is 17.4 Å². The molecular weight excluding hydrogens is 379 g/mol. The predicted molar refractivity (Wildman–Crippen MR) is 107 cm³/mol. The molecule has 2 atom stereocenters. The Morgan fingerprint density at radius 2 is 1.90 bits per heavy atom. The van der Waals surface area contributed by atoms with Gasteiger partial charge in [-0.05, 0) is 56.9 Å². The largest absolute Gasteiger partial charge is 0.416 e. The summed E-state index contributed by atoms with van der Waals surface area (Å²) in [5.41, 5.74) is 0.860. The van der Waals surface area contributed by atoms with E-state index in [1.54, 1.807) is 6.07 Å². The van der Waals surface area contributed by atoms with E-state index in [9.17, 15) is 18.0 Å². The minimum Gasteiger partial charge on any atom is -0.365 e. The summed E-state index contributed by atoms with van der Waals surface area (Å²) in [6, 6.07) is 4.62. The Morgan fingerprint density at radius 1 is 1.17 bits per heavy atom. The number of nitrogens with one attached hydrogen (secondary N) is 1. The number of carbonyl (C=O) groups is 1. The summed E-state index contributed by atoms with van der Waals surface area (Å²) in [5.74, 6) is -0.385. The molecule has 160 valence electrons. The molecule has 1 saturated heterocycles. The number of benzene rings is 1. The Labute approximate surface area is 170 Å². The molecule has 4 nitrogen and oxygen atoms in total. The molecule has 0 spiro atoms. The second kappa shape index (κ2) is 7.82. The van der Waals surface area contributed by atoms with Crippen LogP contribution in [0.25, 0.3) is 0 Å². The van der Waals surface area contributed by atoms with Crippen molar-refractivity contribution in [2.24, 2.45) is 5.92 Å². The molecule has 2 aliphatic heterocycles. The zero-order valence-corrected chi connectivity index (χ0v) is 17.1. The number of hydrogen-bond donors (Lipinski definition) is 1. The summed E-state index contributed by atoms with van der Waals surface area (Å²) in [4.78, 5) is 17.7. The van der Waals surface area contributed by atoms with E-state index < -0.39 is 11.7 Å². The Kier molecular flexibility index (Phi) is 5.53. The number of fused-ring (bicyclic) bond motifs is 3. The predicted octanol–water partition coefficient (Wildman–Crippen LogP) is 3.84. The highest BCUT2D eigenvalue weighted by Crippen LogP contribution is 2.40. The minimum atomic E-state index is -4.37. The van der Waals surface area contributed by atoms with E-state index in [2.05, 4.69) is 15.1 Å². The van der Waals surface area contributed by atoms with Gasteiger partial charge in [-0.2, -0.15) is 13.2 Å². The second-order valence-electron chi connectivity index (χ2n) is 9.01. The molecule has 0 bridgehead atoms. The van der Waals surface area contributed by atoms with Gasteiger partial charge in [0.25, 0.3) is 0 Å². The fraction of sp³-hybridized carbons (Fsp3) is 0.682. The van der Waals surface area contributed by atoms with E-state index in [4.69, 9.17) is 0 Å². The first kappa shape index (κ1) is 20.5. The Hall–Kier alpha value is -1.76. The molecule has 29 heavy (non-hydrogen) atoms. The Balaban J connectivity index is 1.65. The van der Waals surface area contributed by atoms with Gasteiger partial charge < -0.3 is 10.2 Å². The average Bonchev–Trinajstić information content (AvgIpc) is 3.20. The third kappa shape index (κ3) is 4.11. The standard InChI is InChI=1S/C22H30F3N3O/c1-14(2)26-21(29)18-12-15-11-16(22(23,24)25)7-8-19(15)28-10-9-27(13-20(18)28)17-5-3-4-6-17/h7-8,11,14,17-18,20H,3-6,9-10,12-13H2,1-2H3,(H,26,29)/t18-,20-/m1/s1. The summed E-state index contributed by atoms with van der Waals surface area (Å²) < 4.78 is 39.7. The summed E-state index contributed by atoms with van der Waals surface area (Å²) in [5, 5.41) is 3.00. The molecule has 0 unspecified atom stereocenters. The van der Waals surface area contributed by atoms with Crippen molar-refractivity contribution in [1.82, 2.24) is 10.2 Å². The van der Waals surface area contributed by atoms with Crippen LogP contribution in [0.5, 0.6) is 0 Å². The molecule has 0 radical (unpaired) electrons. The third-order valence-electron chi connectivity index (χ3n) is 6.68. The first-order valence-electron chi connectivity index (χ1n) is 10.7. The number of carbonyl (C=O) groups excluding carboxylic acids is 1. The lowest BCUT2D eigenvalue weighted by Gasteiger charge is -2.50. The molecular formula is C22H30F3N3O. The van der Waals surface area contributed by atoms with E-state index in [1.807, 2.05) is 13.8 Å². The van der Waals surface area contributed by atoms with Crippen molar-refractivity contribution in [3.05, 3.63) is 29.3 Å². The third-order valence-corrected chi connectivity index (χ3v) is 6.68. The van der Waals surface area contributed by atoms with Gasteiger partial charge in [0, 0.05) is 37.4 Å². The topological polar surface area (TPSA) is 35.6 Å². The van der Waals surface area contributed by atoms with Gasteiger partial charge in [0.05, 0.1) is 17.5 Å². The van der Waals surface area contributed by atoms with Crippen molar-refractivity contribution in [2.45, 2.75) is 70.3 Å². The molecule has 0 aromatic heterocycles. The molecule has 1 aromatic rings. The van der Waals surface area contributed by atoms with Gasteiger partial charge in [0.2, 0.25) is 5.91 Å². The maximum Gasteiger partial charge on any atom is 0.416 e. The smallest absolute Gasteiger partial charge is 0.365 e. The lowest BCUT2D eigenvalue weighted by atomic mass is 9.82. The van der Waals surface area contributed by atoms with Gasteiger partial charge >= 0.3 is 6.18 Å². The van der Waals surface area contributed by atoms with Gasteiger partial charge in [-0.3, -0.25) is 9.69 Å². The molecule has 1 saturated carbocycles. The number of hydrogen-bond acceptors (Lipinski definition) is 3. The molecule has 1 amide bonds. The fourth-order valence-corrected chi connectivity index (χ4v) is 5.31. The van der Waals surface area contributed by atoms with Crippen LogP contribution in [0, 0.1) is 5.92 Å². The molecule has 4 rings (SSSR count). The number of nitrogens with zero attached hydrogens (tertiary/aromatic N) is 2. The number of halogens is 3. The molecule has 1 N–H and O–H groups in total. The van der Waals surface area contributed by atoms with Crippen molar-refractivity contribution in [3.8, 4) is 0 Å². The molecule has 7 heteroatoms. The quantitative estimate of drug-likeness (QED) is 0.824. The summed E-state index contributed by atoms with van der Waals surface area (Å²) in [7, 11) is 0. The SMILES string of the molecule is CC(C)NC(=O)[C@@H]1Cc2cc(C(F)(F)F)ccc2N2CCN(C3CCCC3)C[C@H]12. The number of amides is 1.